The van der Waals surface area contributed by atoms with Gasteiger partial charge in [0.2, 0.25) is 5.91 Å². The van der Waals surface area contributed by atoms with E-state index in [0.29, 0.717) is 36.4 Å². The number of halogens is 1. The molecule has 4 rings (SSSR count). The molecule has 0 radical (unpaired) electrons. The van der Waals surface area contributed by atoms with E-state index in [1.54, 1.807) is 54.5 Å². The highest BCUT2D eigenvalue weighted by Crippen LogP contribution is 2.34. The van der Waals surface area contributed by atoms with Crippen LogP contribution in [0.25, 0.3) is 0 Å². The molecule has 7 heteroatoms. The third-order valence-corrected chi connectivity index (χ3v) is 6.00. The molecule has 0 bridgehead atoms. The first-order chi connectivity index (χ1) is 16.0. The summed E-state index contributed by atoms with van der Waals surface area (Å²) in [5.74, 6) is -0.0582. The third-order valence-electron chi connectivity index (χ3n) is 6.00. The number of amides is 2. The fourth-order valence-corrected chi connectivity index (χ4v) is 4.27. The lowest BCUT2D eigenvalue weighted by molar-refractivity contribution is -0.128. The average Bonchev–Trinajstić information content (AvgIpc) is 2.88. The van der Waals surface area contributed by atoms with Crippen LogP contribution in [0.3, 0.4) is 0 Å². The lowest BCUT2D eigenvalue weighted by Gasteiger charge is -2.41. The second-order valence-electron chi connectivity index (χ2n) is 8.15. The van der Waals surface area contributed by atoms with Crippen LogP contribution in [0.15, 0.2) is 72.9 Å². The Labute approximate surface area is 192 Å². The number of pyridine rings is 1. The molecule has 0 saturated carbocycles. The van der Waals surface area contributed by atoms with E-state index in [0.717, 1.165) is 5.56 Å². The van der Waals surface area contributed by atoms with Crippen LogP contribution in [0.1, 0.15) is 34.5 Å². The van der Waals surface area contributed by atoms with Crippen LogP contribution in [0, 0.1) is 5.82 Å². The molecule has 2 heterocycles. The molecular weight excluding hydrogens is 421 g/mol. The Morgan fingerprint density at radius 3 is 2.67 bits per heavy atom. The molecule has 1 aromatic heterocycles. The number of benzene rings is 2. The SMILES string of the molecule is CNC(=O)C1(c2ccccn2)CCCN(C(=O)c2cccc(OCc3ccc(F)cc3)c2)C1. The number of ether oxygens (including phenoxy) is 1. The van der Waals surface area contributed by atoms with Gasteiger partial charge in [0.15, 0.2) is 0 Å². The predicted octanol–water partition coefficient (Wildman–Crippen LogP) is 3.72. The summed E-state index contributed by atoms with van der Waals surface area (Å²) < 4.78 is 18.9. The van der Waals surface area contributed by atoms with Crippen molar-refractivity contribution in [2.24, 2.45) is 0 Å². The van der Waals surface area contributed by atoms with Crippen molar-refractivity contribution in [1.82, 2.24) is 15.2 Å². The quantitative estimate of drug-likeness (QED) is 0.625. The van der Waals surface area contributed by atoms with Crippen molar-refractivity contribution in [3.05, 3.63) is 95.6 Å². The Balaban J connectivity index is 1.52. The molecule has 0 spiro atoms. The summed E-state index contributed by atoms with van der Waals surface area (Å²) in [4.78, 5) is 32.5. The molecule has 6 nitrogen and oxygen atoms in total. The van der Waals surface area contributed by atoms with Gasteiger partial charge in [-0.1, -0.05) is 24.3 Å². The normalized spacial score (nSPS) is 17.9. The van der Waals surface area contributed by atoms with Crippen molar-refractivity contribution in [3.63, 3.8) is 0 Å². The van der Waals surface area contributed by atoms with E-state index in [4.69, 9.17) is 4.74 Å². The first-order valence-corrected chi connectivity index (χ1v) is 10.9. The zero-order valence-corrected chi connectivity index (χ0v) is 18.5. The highest BCUT2D eigenvalue weighted by atomic mass is 19.1. The summed E-state index contributed by atoms with van der Waals surface area (Å²) in [6, 6.07) is 18.6. The number of piperidine rings is 1. The Bertz CT molecular complexity index is 1120. The van der Waals surface area contributed by atoms with E-state index in [1.807, 2.05) is 18.2 Å². The molecule has 1 atom stereocenters. The van der Waals surface area contributed by atoms with E-state index < -0.39 is 5.41 Å². The molecule has 3 aromatic rings. The predicted molar refractivity (Wildman–Crippen MR) is 122 cm³/mol. The lowest BCUT2D eigenvalue weighted by Crippen LogP contribution is -2.56. The van der Waals surface area contributed by atoms with Gasteiger partial charge >= 0.3 is 0 Å². The lowest BCUT2D eigenvalue weighted by atomic mass is 9.75. The Kier molecular flexibility index (Phi) is 6.68. The minimum Gasteiger partial charge on any atom is -0.489 e. The molecule has 1 aliphatic heterocycles. The number of nitrogens with zero attached hydrogens (tertiary/aromatic N) is 2. The first-order valence-electron chi connectivity index (χ1n) is 10.9. The van der Waals surface area contributed by atoms with Crippen LogP contribution in [0.4, 0.5) is 4.39 Å². The molecule has 170 valence electrons. The fraction of sp³-hybridized carbons (Fsp3) is 0.269. The second-order valence-corrected chi connectivity index (χ2v) is 8.15. The summed E-state index contributed by atoms with van der Waals surface area (Å²) >= 11 is 0. The summed E-state index contributed by atoms with van der Waals surface area (Å²) in [6.07, 6.45) is 2.98. The van der Waals surface area contributed by atoms with E-state index in [2.05, 4.69) is 10.3 Å². The number of nitrogens with one attached hydrogen (secondary N) is 1. The number of hydrogen-bond acceptors (Lipinski definition) is 4. The fourth-order valence-electron chi connectivity index (χ4n) is 4.27. The molecule has 1 unspecified atom stereocenters. The number of likely N-dealkylation sites (N-methyl/N-ethyl adjacent to an activating group) is 1. The van der Waals surface area contributed by atoms with Gasteiger partial charge in [0, 0.05) is 31.9 Å². The molecular formula is C26H26FN3O3. The highest BCUT2D eigenvalue weighted by molar-refractivity contribution is 5.96. The van der Waals surface area contributed by atoms with Crippen LogP contribution in [-0.4, -0.2) is 41.8 Å². The maximum absolute atomic E-state index is 13.4. The minimum absolute atomic E-state index is 0.143. The smallest absolute Gasteiger partial charge is 0.254 e. The molecule has 1 fully saturated rings. The standard InChI is InChI=1S/C26H26FN3O3/c1-28-25(32)26(23-8-2-3-14-29-23)13-5-15-30(18-26)24(31)20-6-4-7-22(16-20)33-17-19-9-11-21(27)12-10-19/h2-4,6-12,14,16H,5,13,15,17-18H2,1H3,(H,28,32). The van der Waals surface area contributed by atoms with E-state index in [-0.39, 0.29) is 30.8 Å². The van der Waals surface area contributed by atoms with Gasteiger partial charge in [0.1, 0.15) is 23.6 Å². The van der Waals surface area contributed by atoms with Crippen molar-refractivity contribution in [2.45, 2.75) is 24.9 Å². The monoisotopic (exact) mass is 447 g/mol. The summed E-state index contributed by atoms with van der Waals surface area (Å²) in [5, 5.41) is 2.76. The van der Waals surface area contributed by atoms with Crippen molar-refractivity contribution in [3.8, 4) is 5.75 Å². The van der Waals surface area contributed by atoms with Crippen LogP contribution >= 0.6 is 0 Å². The number of likely N-dealkylation sites (tertiary alicyclic amines) is 1. The van der Waals surface area contributed by atoms with Gasteiger partial charge < -0.3 is 15.0 Å². The van der Waals surface area contributed by atoms with Crippen molar-refractivity contribution in [1.29, 1.82) is 0 Å². The number of hydrogen-bond donors (Lipinski definition) is 1. The Hall–Kier alpha value is -3.74. The van der Waals surface area contributed by atoms with Gasteiger partial charge in [0.25, 0.3) is 5.91 Å². The van der Waals surface area contributed by atoms with Gasteiger partial charge in [0.05, 0.1) is 5.69 Å². The zero-order valence-electron chi connectivity index (χ0n) is 18.5. The molecule has 33 heavy (non-hydrogen) atoms. The summed E-state index contributed by atoms with van der Waals surface area (Å²) in [7, 11) is 1.61. The highest BCUT2D eigenvalue weighted by Gasteiger charge is 2.45. The van der Waals surface area contributed by atoms with Gasteiger partial charge in [-0.3, -0.25) is 14.6 Å². The molecule has 2 aromatic carbocycles. The molecule has 1 N–H and O–H groups in total. The van der Waals surface area contributed by atoms with E-state index in [9.17, 15) is 14.0 Å². The number of aromatic nitrogens is 1. The average molecular weight is 448 g/mol. The Morgan fingerprint density at radius 2 is 1.94 bits per heavy atom. The summed E-state index contributed by atoms with van der Waals surface area (Å²) in [6.45, 7) is 1.08. The van der Waals surface area contributed by atoms with Crippen molar-refractivity contribution in [2.75, 3.05) is 20.1 Å². The molecule has 1 saturated heterocycles. The molecule has 2 amide bonds. The maximum Gasteiger partial charge on any atom is 0.254 e. The Morgan fingerprint density at radius 1 is 1.12 bits per heavy atom. The van der Waals surface area contributed by atoms with Crippen LogP contribution in [0.2, 0.25) is 0 Å². The minimum atomic E-state index is -0.888. The molecule has 0 aliphatic carbocycles. The van der Waals surface area contributed by atoms with Crippen molar-refractivity contribution < 1.29 is 18.7 Å². The van der Waals surface area contributed by atoms with Gasteiger partial charge in [-0.15, -0.1) is 0 Å². The second kappa shape index (κ2) is 9.81. The van der Waals surface area contributed by atoms with Gasteiger partial charge in [-0.25, -0.2) is 4.39 Å². The number of carbonyl (C=O) groups excluding carboxylic acids is 2. The number of rotatable bonds is 6. The van der Waals surface area contributed by atoms with Gasteiger partial charge in [-0.2, -0.15) is 0 Å². The van der Waals surface area contributed by atoms with E-state index >= 15 is 0 Å². The van der Waals surface area contributed by atoms with E-state index in [1.165, 1.54) is 12.1 Å². The first kappa shape index (κ1) is 22.5. The van der Waals surface area contributed by atoms with Gasteiger partial charge in [-0.05, 0) is 60.9 Å². The van der Waals surface area contributed by atoms with Crippen molar-refractivity contribution >= 4 is 11.8 Å². The van der Waals surface area contributed by atoms with Crippen LogP contribution < -0.4 is 10.1 Å². The largest absolute Gasteiger partial charge is 0.489 e. The van der Waals surface area contributed by atoms with Crippen LogP contribution in [0.5, 0.6) is 5.75 Å². The summed E-state index contributed by atoms with van der Waals surface area (Å²) in [5.41, 5.74) is 1.09. The van der Waals surface area contributed by atoms with Crippen LogP contribution in [-0.2, 0) is 16.8 Å². The zero-order chi connectivity index (χ0) is 23.3. The topological polar surface area (TPSA) is 71.5 Å². The molecule has 1 aliphatic rings. The third kappa shape index (κ3) is 4.87. The number of carbonyl (C=O) groups is 2. The maximum atomic E-state index is 13.4.